The minimum Gasteiger partial charge on any atom is -0.401 e. The molecule has 2 rings (SSSR count). The molecule has 0 aliphatic heterocycles. The van der Waals surface area contributed by atoms with E-state index in [9.17, 15) is 4.39 Å². The molecule has 0 saturated heterocycles. The van der Waals surface area contributed by atoms with Crippen LogP contribution in [-0.2, 0) is 4.43 Å². The second-order valence-electron chi connectivity index (χ2n) is 6.79. The molecule has 0 aliphatic carbocycles. The average molecular weight is 345 g/mol. The van der Waals surface area contributed by atoms with Crippen molar-refractivity contribution in [3.8, 4) is 0 Å². The number of aliphatic hydroxyl groups is 1. The molecule has 0 radical (unpaired) electrons. The summed E-state index contributed by atoms with van der Waals surface area (Å²) in [5.74, 6) is -0.439. The Morgan fingerprint density at radius 2 is 1.46 bits per heavy atom. The van der Waals surface area contributed by atoms with Gasteiger partial charge in [0.25, 0.3) is 8.32 Å². The summed E-state index contributed by atoms with van der Waals surface area (Å²) >= 11 is 0. The molecule has 0 atom stereocenters. The Morgan fingerprint density at radius 3 is 1.83 bits per heavy atom. The van der Waals surface area contributed by atoms with Gasteiger partial charge in [0, 0.05) is 0 Å². The van der Waals surface area contributed by atoms with Crippen LogP contribution in [0.15, 0.2) is 72.6 Å². The van der Waals surface area contributed by atoms with Crippen molar-refractivity contribution in [1.29, 1.82) is 0 Å². The maximum atomic E-state index is 14.0. The van der Waals surface area contributed by atoms with Crippen molar-refractivity contribution < 1.29 is 13.9 Å². The predicted octanol–water partition coefficient (Wildman–Crippen LogP) is 3.41. The molecule has 0 bridgehead atoms. The Kier molecular flexibility index (Phi) is 6.10. The van der Waals surface area contributed by atoms with Crippen molar-refractivity contribution in [2.75, 3.05) is 13.2 Å². The van der Waals surface area contributed by atoms with E-state index in [-0.39, 0.29) is 18.3 Å². The third-order valence-corrected chi connectivity index (χ3v) is 9.14. The molecule has 0 fully saturated rings. The third-order valence-electron chi connectivity index (χ3n) is 4.16. The van der Waals surface area contributed by atoms with Gasteiger partial charge >= 0.3 is 0 Å². The zero-order chi connectivity index (χ0) is 17.6. The average Bonchev–Trinajstić information content (AvgIpc) is 2.56. The fraction of sp³-hybridized carbons (Fsp3) is 0.300. The molecule has 0 aromatic heterocycles. The summed E-state index contributed by atoms with van der Waals surface area (Å²) in [6.45, 7) is 5.98. The molecule has 0 spiro atoms. The second-order valence-corrected chi connectivity index (χ2v) is 11.1. The van der Waals surface area contributed by atoms with Crippen LogP contribution in [0.1, 0.15) is 20.8 Å². The van der Waals surface area contributed by atoms with Crippen molar-refractivity contribution in [1.82, 2.24) is 0 Å². The SMILES string of the molecule is CC(C)(C)[Si](OC/C(F)=C/CO)(c1ccccc1)c1ccccc1. The highest BCUT2D eigenvalue weighted by molar-refractivity contribution is 6.99. The van der Waals surface area contributed by atoms with Crippen molar-refractivity contribution in [2.24, 2.45) is 0 Å². The van der Waals surface area contributed by atoms with E-state index >= 15 is 0 Å². The first-order chi connectivity index (χ1) is 11.4. The first-order valence-electron chi connectivity index (χ1n) is 8.12. The van der Waals surface area contributed by atoms with E-state index in [1.165, 1.54) is 0 Å². The summed E-state index contributed by atoms with van der Waals surface area (Å²) in [4.78, 5) is 0. The number of hydrogen-bond acceptors (Lipinski definition) is 2. The minimum absolute atomic E-state index is 0.131. The summed E-state index contributed by atoms with van der Waals surface area (Å²) in [6.07, 6.45) is 1.15. The van der Waals surface area contributed by atoms with E-state index < -0.39 is 14.1 Å². The molecule has 128 valence electrons. The van der Waals surface area contributed by atoms with Gasteiger partial charge in [-0.2, -0.15) is 0 Å². The first kappa shape index (κ1) is 18.6. The topological polar surface area (TPSA) is 29.5 Å². The van der Waals surface area contributed by atoms with Crippen LogP contribution in [0.5, 0.6) is 0 Å². The van der Waals surface area contributed by atoms with Crippen LogP contribution in [-0.4, -0.2) is 26.6 Å². The molecule has 0 amide bonds. The van der Waals surface area contributed by atoms with Gasteiger partial charge in [0.1, 0.15) is 5.83 Å². The normalized spacial score (nSPS) is 13.1. The lowest BCUT2D eigenvalue weighted by atomic mass is 10.2. The monoisotopic (exact) mass is 344 g/mol. The van der Waals surface area contributed by atoms with Crippen LogP contribution in [0, 0.1) is 0 Å². The maximum Gasteiger partial charge on any atom is 0.261 e. The van der Waals surface area contributed by atoms with E-state index in [2.05, 4.69) is 45.0 Å². The molecule has 0 heterocycles. The van der Waals surface area contributed by atoms with Crippen LogP contribution < -0.4 is 10.4 Å². The zero-order valence-electron chi connectivity index (χ0n) is 14.5. The molecular formula is C20H25FO2Si. The van der Waals surface area contributed by atoms with Crippen molar-refractivity contribution in [3.05, 3.63) is 72.6 Å². The second kappa shape index (κ2) is 7.88. The Morgan fingerprint density at radius 1 is 1.00 bits per heavy atom. The number of rotatable bonds is 6. The lowest BCUT2D eigenvalue weighted by Gasteiger charge is -2.42. The molecule has 2 aromatic rings. The first-order valence-corrected chi connectivity index (χ1v) is 10.0. The Hall–Kier alpha value is -1.75. The molecule has 2 aromatic carbocycles. The Labute approximate surface area is 144 Å². The third kappa shape index (κ3) is 3.83. The van der Waals surface area contributed by atoms with Crippen LogP contribution in [0.25, 0.3) is 0 Å². The number of aliphatic hydroxyl groups excluding tert-OH is 1. The van der Waals surface area contributed by atoms with Gasteiger partial charge in [-0.05, 0) is 21.5 Å². The molecule has 24 heavy (non-hydrogen) atoms. The summed E-state index contributed by atoms with van der Waals surface area (Å²) in [5, 5.41) is 10.9. The van der Waals surface area contributed by atoms with E-state index in [0.717, 1.165) is 16.4 Å². The largest absolute Gasteiger partial charge is 0.401 e. The fourth-order valence-electron chi connectivity index (χ4n) is 3.10. The van der Waals surface area contributed by atoms with Crippen LogP contribution in [0.3, 0.4) is 0 Å². The van der Waals surface area contributed by atoms with Crippen molar-refractivity contribution >= 4 is 18.7 Å². The lowest BCUT2D eigenvalue weighted by Crippen LogP contribution is -2.66. The fourth-order valence-corrected chi connectivity index (χ4v) is 7.61. The summed E-state index contributed by atoms with van der Waals surface area (Å²) in [7, 11) is -2.70. The van der Waals surface area contributed by atoms with E-state index in [1.807, 2.05) is 36.4 Å². The maximum absolute atomic E-state index is 14.0. The zero-order valence-corrected chi connectivity index (χ0v) is 15.5. The predicted molar refractivity (Wildman–Crippen MR) is 99.8 cm³/mol. The van der Waals surface area contributed by atoms with E-state index in [4.69, 9.17) is 9.53 Å². The van der Waals surface area contributed by atoms with Gasteiger partial charge in [0.05, 0.1) is 13.2 Å². The van der Waals surface area contributed by atoms with Gasteiger partial charge in [-0.25, -0.2) is 4.39 Å². The molecule has 2 nitrogen and oxygen atoms in total. The van der Waals surface area contributed by atoms with Gasteiger partial charge in [-0.3, -0.25) is 0 Å². The number of halogens is 1. The van der Waals surface area contributed by atoms with Crippen molar-refractivity contribution in [3.63, 3.8) is 0 Å². The van der Waals surface area contributed by atoms with Crippen LogP contribution >= 0.6 is 0 Å². The summed E-state index contributed by atoms with van der Waals surface area (Å²) in [5.41, 5.74) is 0. The highest BCUT2D eigenvalue weighted by Gasteiger charge is 2.50. The molecule has 1 N–H and O–H groups in total. The molecular weight excluding hydrogens is 319 g/mol. The van der Waals surface area contributed by atoms with Gasteiger partial charge in [0.15, 0.2) is 0 Å². The quantitative estimate of drug-likeness (QED) is 0.814. The van der Waals surface area contributed by atoms with Gasteiger partial charge in [-0.1, -0.05) is 81.4 Å². The Balaban J connectivity index is 2.59. The molecule has 0 unspecified atom stereocenters. The van der Waals surface area contributed by atoms with E-state index in [0.29, 0.717) is 0 Å². The van der Waals surface area contributed by atoms with E-state index in [1.54, 1.807) is 0 Å². The molecule has 0 aliphatic rings. The smallest absolute Gasteiger partial charge is 0.261 e. The molecule has 0 saturated carbocycles. The highest BCUT2D eigenvalue weighted by Crippen LogP contribution is 2.36. The summed E-state index contributed by atoms with van der Waals surface area (Å²) < 4.78 is 20.3. The van der Waals surface area contributed by atoms with Gasteiger partial charge in [-0.15, -0.1) is 0 Å². The minimum atomic E-state index is -2.70. The Bertz CT molecular complexity index is 624. The molecule has 4 heteroatoms. The number of benzene rings is 2. The lowest BCUT2D eigenvalue weighted by molar-refractivity contribution is 0.292. The van der Waals surface area contributed by atoms with Crippen molar-refractivity contribution in [2.45, 2.75) is 25.8 Å². The van der Waals surface area contributed by atoms with Crippen LogP contribution in [0.4, 0.5) is 4.39 Å². The highest BCUT2D eigenvalue weighted by atomic mass is 28.4. The van der Waals surface area contributed by atoms with Gasteiger partial charge < -0.3 is 9.53 Å². The standard InChI is InChI=1S/C20H25FO2Si/c1-20(2,3)24(18-10-6-4-7-11-18,19-12-8-5-9-13-19)23-16-17(21)14-15-22/h4-14,22H,15-16H2,1-3H3/b17-14-. The van der Waals surface area contributed by atoms with Crippen LogP contribution in [0.2, 0.25) is 5.04 Å². The number of hydrogen-bond donors (Lipinski definition) is 1. The van der Waals surface area contributed by atoms with Gasteiger partial charge in [0.2, 0.25) is 0 Å². The summed E-state index contributed by atoms with van der Waals surface area (Å²) in [6, 6.07) is 20.2.